The first-order valence-corrected chi connectivity index (χ1v) is 6.85. The Bertz CT molecular complexity index is 524. The first-order valence-electron chi connectivity index (χ1n) is 6.85. The number of amides is 1. The molecule has 0 heterocycles. The highest BCUT2D eigenvalue weighted by Gasteiger charge is 2.40. The van der Waals surface area contributed by atoms with Gasteiger partial charge < -0.3 is 14.8 Å². The number of benzene rings is 1. The van der Waals surface area contributed by atoms with Gasteiger partial charge in [0.1, 0.15) is 5.75 Å². The van der Waals surface area contributed by atoms with Crippen LogP contribution >= 0.6 is 0 Å². The fourth-order valence-corrected chi connectivity index (χ4v) is 1.82. The summed E-state index contributed by atoms with van der Waals surface area (Å²) in [5, 5.41) is 2.29. The Morgan fingerprint density at radius 2 is 1.90 bits per heavy atom. The number of hydrogen-bond acceptors (Lipinski definition) is 5. The second kappa shape index (κ2) is 6.88. The van der Waals surface area contributed by atoms with Crippen LogP contribution in [-0.4, -0.2) is 30.5 Å². The summed E-state index contributed by atoms with van der Waals surface area (Å²) in [6.07, 6.45) is 0.627. The third-order valence-corrected chi connectivity index (χ3v) is 3.00. The van der Waals surface area contributed by atoms with Crippen LogP contribution < -0.4 is 10.1 Å². The van der Waals surface area contributed by atoms with E-state index < -0.39 is 18.1 Å². The highest BCUT2D eigenvalue weighted by molar-refractivity contribution is 6.07. The van der Waals surface area contributed by atoms with Crippen molar-refractivity contribution in [3.63, 3.8) is 0 Å². The van der Waals surface area contributed by atoms with Gasteiger partial charge in [-0.15, -0.1) is 0 Å². The molecule has 0 spiro atoms. The van der Waals surface area contributed by atoms with Gasteiger partial charge in [-0.25, -0.2) is 9.59 Å². The summed E-state index contributed by atoms with van der Waals surface area (Å²) >= 11 is 0. The molecule has 21 heavy (non-hydrogen) atoms. The van der Waals surface area contributed by atoms with Crippen LogP contribution in [0.3, 0.4) is 0 Å². The number of carbonyl (C=O) groups is 3. The molecule has 1 fully saturated rings. The van der Waals surface area contributed by atoms with Gasteiger partial charge in [-0.05, 0) is 31.9 Å². The summed E-state index contributed by atoms with van der Waals surface area (Å²) in [7, 11) is 0. The lowest BCUT2D eigenvalue weighted by molar-refractivity contribution is -0.148. The van der Waals surface area contributed by atoms with Crippen molar-refractivity contribution >= 4 is 17.8 Å². The number of ether oxygens (including phenoxy) is 2. The molecule has 1 amide bonds. The Balaban J connectivity index is 1.98. The number of ketones is 1. The van der Waals surface area contributed by atoms with Crippen LogP contribution in [0.4, 0.5) is 4.79 Å². The fraction of sp³-hybridized carbons (Fsp3) is 0.400. The molecule has 6 heteroatoms. The van der Waals surface area contributed by atoms with E-state index in [0.717, 1.165) is 12.8 Å². The molecular weight excluding hydrogens is 274 g/mol. The lowest BCUT2D eigenvalue weighted by Gasteiger charge is -2.15. The lowest BCUT2D eigenvalue weighted by atomic mass is 10.1. The summed E-state index contributed by atoms with van der Waals surface area (Å²) < 4.78 is 9.84. The molecule has 0 aliphatic heterocycles. The van der Waals surface area contributed by atoms with E-state index in [1.807, 2.05) is 0 Å². The van der Waals surface area contributed by atoms with Crippen molar-refractivity contribution in [1.29, 1.82) is 0 Å². The standard InChI is InChI=1S/C15H17NO5/c1-2-20-14(18)12(13(17)10-8-9-10)16-15(19)21-11-6-4-3-5-7-11/h3-7,10,12H,2,8-9H2,1H3,(H,16,19). The smallest absolute Gasteiger partial charge is 0.413 e. The summed E-state index contributed by atoms with van der Waals surface area (Å²) in [5.74, 6) is -0.911. The zero-order valence-electron chi connectivity index (χ0n) is 11.7. The van der Waals surface area contributed by atoms with Gasteiger partial charge in [-0.1, -0.05) is 18.2 Å². The largest absolute Gasteiger partial charge is 0.464 e. The van der Waals surface area contributed by atoms with Crippen LogP contribution in [-0.2, 0) is 14.3 Å². The normalized spacial score (nSPS) is 14.9. The molecule has 1 aliphatic rings. The average molecular weight is 291 g/mol. The Hall–Kier alpha value is -2.37. The molecule has 6 nitrogen and oxygen atoms in total. The summed E-state index contributed by atoms with van der Waals surface area (Å²) in [6.45, 7) is 1.78. The number of hydrogen-bond donors (Lipinski definition) is 1. The number of carbonyl (C=O) groups excluding carboxylic acids is 3. The van der Waals surface area contributed by atoms with E-state index in [9.17, 15) is 14.4 Å². The van der Waals surface area contributed by atoms with E-state index in [1.165, 1.54) is 0 Å². The van der Waals surface area contributed by atoms with E-state index in [2.05, 4.69) is 5.32 Å². The summed E-state index contributed by atoms with van der Waals surface area (Å²) in [4.78, 5) is 35.6. The van der Waals surface area contributed by atoms with Gasteiger partial charge in [-0.2, -0.15) is 0 Å². The third kappa shape index (κ3) is 4.30. The molecule has 2 rings (SSSR count). The summed E-state index contributed by atoms with van der Waals surface area (Å²) in [6, 6.07) is 7.10. The van der Waals surface area contributed by atoms with Crippen molar-refractivity contribution in [3.05, 3.63) is 30.3 Å². The molecular formula is C15H17NO5. The molecule has 1 unspecified atom stereocenters. The number of esters is 1. The first kappa shape index (κ1) is 15.0. The van der Waals surface area contributed by atoms with Crippen molar-refractivity contribution in [2.75, 3.05) is 6.61 Å². The maximum absolute atomic E-state index is 12.0. The molecule has 1 aromatic rings. The van der Waals surface area contributed by atoms with E-state index in [1.54, 1.807) is 37.3 Å². The highest BCUT2D eigenvalue weighted by atomic mass is 16.6. The van der Waals surface area contributed by atoms with Crippen molar-refractivity contribution < 1.29 is 23.9 Å². The molecule has 112 valence electrons. The van der Waals surface area contributed by atoms with Crippen molar-refractivity contribution in [2.24, 2.45) is 5.92 Å². The maximum atomic E-state index is 12.0. The van der Waals surface area contributed by atoms with Gasteiger partial charge in [0.05, 0.1) is 6.61 Å². The highest BCUT2D eigenvalue weighted by Crippen LogP contribution is 2.31. The molecule has 1 aliphatic carbocycles. The number of rotatable bonds is 6. The van der Waals surface area contributed by atoms with E-state index >= 15 is 0 Å². The monoisotopic (exact) mass is 291 g/mol. The zero-order chi connectivity index (χ0) is 15.2. The zero-order valence-corrected chi connectivity index (χ0v) is 11.7. The van der Waals surface area contributed by atoms with Crippen LogP contribution in [0.15, 0.2) is 30.3 Å². The minimum absolute atomic E-state index is 0.142. The predicted molar refractivity (Wildman–Crippen MR) is 73.8 cm³/mol. The van der Waals surface area contributed by atoms with Crippen LogP contribution in [0.2, 0.25) is 0 Å². The predicted octanol–water partition coefficient (Wildman–Crippen LogP) is 1.69. The van der Waals surface area contributed by atoms with Crippen LogP contribution in [0.5, 0.6) is 5.75 Å². The summed E-state index contributed by atoms with van der Waals surface area (Å²) in [5.41, 5.74) is 0. The number of para-hydroxylation sites is 1. The molecule has 0 bridgehead atoms. The van der Waals surface area contributed by atoms with Crippen molar-refractivity contribution in [2.45, 2.75) is 25.8 Å². The van der Waals surface area contributed by atoms with Crippen LogP contribution in [0, 0.1) is 5.92 Å². The van der Waals surface area contributed by atoms with Gasteiger partial charge in [0.15, 0.2) is 11.8 Å². The Morgan fingerprint density at radius 1 is 1.24 bits per heavy atom. The molecule has 1 aromatic carbocycles. The van der Waals surface area contributed by atoms with Gasteiger partial charge in [0.25, 0.3) is 0 Å². The van der Waals surface area contributed by atoms with Crippen LogP contribution in [0.1, 0.15) is 19.8 Å². The van der Waals surface area contributed by atoms with Gasteiger partial charge in [0, 0.05) is 5.92 Å². The van der Waals surface area contributed by atoms with E-state index in [0.29, 0.717) is 5.75 Å². The van der Waals surface area contributed by atoms with Gasteiger partial charge >= 0.3 is 12.1 Å². The minimum atomic E-state index is -1.30. The fourth-order valence-electron chi connectivity index (χ4n) is 1.82. The van der Waals surface area contributed by atoms with Crippen molar-refractivity contribution in [3.8, 4) is 5.75 Å². The van der Waals surface area contributed by atoms with Gasteiger partial charge in [0.2, 0.25) is 0 Å². The molecule has 1 N–H and O–H groups in total. The molecule has 1 atom stereocenters. The van der Waals surface area contributed by atoms with E-state index in [4.69, 9.17) is 9.47 Å². The molecule has 1 saturated carbocycles. The second-order valence-corrected chi connectivity index (χ2v) is 4.71. The Kier molecular flexibility index (Phi) is 4.92. The quantitative estimate of drug-likeness (QED) is 0.637. The molecule has 0 aromatic heterocycles. The number of Topliss-reactive ketones (excluding diaryl/α,β-unsaturated/α-hetero) is 1. The lowest BCUT2D eigenvalue weighted by Crippen LogP contribution is -2.49. The Morgan fingerprint density at radius 3 is 2.48 bits per heavy atom. The van der Waals surface area contributed by atoms with Crippen molar-refractivity contribution in [1.82, 2.24) is 5.32 Å². The van der Waals surface area contributed by atoms with Gasteiger partial charge in [-0.3, -0.25) is 4.79 Å². The first-order chi connectivity index (χ1) is 10.1. The topological polar surface area (TPSA) is 81.7 Å². The maximum Gasteiger partial charge on any atom is 0.413 e. The van der Waals surface area contributed by atoms with Crippen LogP contribution in [0.25, 0.3) is 0 Å². The average Bonchev–Trinajstić information content (AvgIpc) is 3.30. The van der Waals surface area contributed by atoms with E-state index in [-0.39, 0.29) is 18.3 Å². The third-order valence-electron chi connectivity index (χ3n) is 3.00. The number of nitrogens with one attached hydrogen (secondary N) is 1. The Labute approximate surface area is 122 Å². The SMILES string of the molecule is CCOC(=O)C(NC(=O)Oc1ccccc1)C(=O)C1CC1. The molecule has 0 saturated heterocycles. The molecule has 0 radical (unpaired) electrons. The second-order valence-electron chi connectivity index (χ2n) is 4.71. The minimum Gasteiger partial charge on any atom is -0.464 e.